The Bertz CT molecular complexity index is 2380. The fraction of sp³-hybridized carbons (Fsp3) is 0.478. The normalized spacial score (nSPS) is 28.9. The Balaban J connectivity index is 0.000000321. The van der Waals surface area contributed by atoms with Gasteiger partial charge in [0.05, 0.1) is 34.9 Å². The number of nitrogens with zero attached hydrogens (tertiary/aromatic N) is 10. The molecule has 2 fully saturated rings. The molecule has 0 bridgehead atoms. The number of azide groups is 2. The van der Waals surface area contributed by atoms with Crippen LogP contribution in [0.15, 0.2) is 33.6 Å². The van der Waals surface area contributed by atoms with Crippen LogP contribution in [-0.2, 0) is 36.3 Å². The summed E-state index contributed by atoms with van der Waals surface area (Å²) >= 11 is 2.23. The number of hydrogen-bond acceptors (Lipinski definition) is 21. The van der Waals surface area contributed by atoms with E-state index in [9.17, 15) is 43.2 Å². The third-order valence-electron chi connectivity index (χ3n) is 7.70. The van der Waals surface area contributed by atoms with Crippen LogP contribution in [0.25, 0.3) is 41.3 Å². The number of rotatable bonds is 12. The van der Waals surface area contributed by atoms with Crippen molar-refractivity contribution in [2.24, 2.45) is 10.2 Å². The average molecular weight is 945 g/mol. The zero-order valence-corrected chi connectivity index (χ0v) is 33.2. The first-order valence-corrected chi connectivity index (χ1v) is 20.9. The maximum atomic E-state index is 15.0. The minimum Gasteiger partial charge on any atom is -0.393 e. The van der Waals surface area contributed by atoms with E-state index in [1.54, 1.807) is 15.2 Å². The number of ether oxygens (including phenoxy) is 2. The van der Waals surface area contributed by atoms with E-state index in [1.807, 2.05) is 0 Å². The lowest BCUT2D eigenvalue weighted by Crippen LogP contribution is -2.44. The Kier molecular flexibility index (Phi) is 15.2. The lowest BCUT2D eigenvalue weighted by Gasteiger charge is -2.27. The first kappa shape index (κ1) is 47.5. The van der Waals surface area contributed by atoms with Crippen LogP contribution in [0.5, 0.6) is 0 Å². The van der Waals surface area contributed by atoms with Crippen LogP contribution in [0.1, 0.15) is 30.8 Å². The van der Waals surface area contributed by atoms with E-state index in [-0.39, 0.29) is 30.1 Å². The zero-order valence-electron chi connectivity index (χ0n) is 28.7. The van der Waals surface area contributed by atoms with Gasteiger partial charge in [-0.05, 0) is 21.8 Å². The van der Waals surface area contributed by atoms with Gasteiger partial charge in [-0.1, -0.05) is 17.7 Å². The summed E-state index contributed by atoms with van der Waals surface area (Å²) < 4.78 is 92.4. The van der Waals surface area contributed by atoms with Crippen molar-refractivity contribution in [3.05, 3.63) is 55.4 Å². The second kappa shape index (κ2) is 18.6. The zero-order chi connectivity index (χ0) is 43.4. The minimum absolute atomic E-state index is 0. The molecule has 0 aliphatic carbocycles. The number of nitrogen functional groups attached to an aromatic ring is 2. The number of hydrogen-bond donors (Lipinski definition) is 9. The van der Waals surface area contributed by atoms with Crippen LogP contribution in [0.2, 0.25) is 0 Å². The van der Waals surface area contributed by atoms with Crippen molar-refractivity contribution in [2.75, 3.05) is 24.7 Å². The Morgan fingerprint density at radius 3 is 1.71 bits per heavy atom. The number of phosphoric acid groups is 3. The predicted octanol–water partition coefficient (Wildman–Crippen LogP) is 3.13. The molecule has 11 N–H and O–H groups in total. The highest BCUT2D eigenvalue weighted by Gasteiger charge is 2.58. The van der Waals surface area contributed by atoms with Gasteiger partial charge in [0.15, 0.2) is 23.8 Å². The molecule has 2 aliphatic heterocycles. The summed E-state index contributed by atoms with van der Waals surface area (Å²) in [7, 11) is -15.5. The molecule has 2 aliphatic rings. The topological polar surface area (TPSA) is 440 Å². The molecule has 4 aromatic rings. The number of phosphoric ester groups is 1. The van der Waals surface area contributed by atoms with Gasteiger partial charge in [-0.25, -0.2) is 42.4 Å². The summed E-state index contributed by atoms with van der Waals surface area (Å²) in [5.74, 6) is 0.322. The van der Waals surface area contributed by atoms with Crippen LogP contribution in [-0.4, -0.2) is 105 Å². The van der Waals surface area contributed by atoms with Gasteiger partial charge in [0.1, 0.15) is 48.7 Å². The number of nitrogens with two attached hydrogens (primary N) is 2. The molecule has 320 valence electrons. The molecule has 35 heteroatoms. The van der Waals surface area contributed by atoms with E-state index in [1.165, 1.54) is 23.0 Å². The summed E-state index contributed by atoms with van der Waals surface area (Å²) in [6.07, 6.45) is -8.86. The first-order chi connectivity index (χ1) is 27.1. The quantitative estimate of drug-likeness (QED) is 0.0426. The first-order valence-electron chi connectivity index (χ1n) is 15.2. The average Bonchev–Trinajstić information content (AvgIpc) is 3.89. The Morgan fingerprint density at radius 1 is 0.845 bits per heavy atom. The standard InChI is InChI=1S/C11H14FN6O12P3S.C11H11FN6O3S.CH4.H3P/c12-5-7(4-1-34-8-6(4)15-3-16-10(8)13)28-11(9(5)19,17-18-14)2-27-32(23,24)30-33(25,26)29-31(20,21)22;12-5-7(21-11(2-19,9(5)20)17-18-14)4-1-22-8-6(4)15-3-16-10(8)13;;/h1,3,5,7,9,19H,2H2,(H,23,24)(H,25,26)(H2,13,15,16)(H2,20,21,22);1,3,5,7,9,19-20H,2H2,(H2,13,15,16);1H4;1H3/t2*5-,7-,9-,11+;;/m00../s1/i;;;1T. The van der Waals surface area contributed by atoms with Crippen LogP contribution in [0, 0.1) is 0 Å². The van der Waals surface area contributed by atoms with Gasteiger partial charge in [-0.2, -0.15) is 18.5 Å². The lowest BCUT2D eigenvalue weighted by atomic mass is 10.0. The molecule has 0 aromatic carbocycles. The lowest BCUT2D eigenvalue weighted by molar-refractivity contribution is -0.107. The van der Waals surface area contributed by atoms with E-state index in [0.717, 1.165) is 17.7 Å². The fourth-order valence-corrected chi connectivity index (χ4v) is 10.2. The Morgan fingerprint density at radius 2 is 1.28 bits per heavy atom. The number of anilines is 2. The molecular weight excluding hydrogens is 910 g/mol. The van der Waals surface area contributed by atoms with Crippen molar-refractivity contribution in [2.45, 2.75) is 55.6 Å². The third kappa shape index (κ3) is 10.0. The molecule has 27 nitrogen and oxygen atoms in total. The van der Waals surface area contributed by atoms with Gasteiger partial charge in [0, 0.05) is 21.0 Å². The number of fused-ring (bicyclic) bond motifs is 2. The molecule has 11 atom stereocenters. The maximum Gasteiger partial charge on any atom is 0.490 e. The van der Waals surface area contributed by atoms with E-state index in [0.29, 0.717) is 20.5 Å². The van der Waals surface area contributed by atoms with Crippen molar-refractivity contribution in [3.8, 4) is 0 Å². The number of aliphatic hydroxyl groups is 3. The van der Waals surface area contributed by atoms with Gasteiger partial charge in [-0.3, -0.25) is 4.52 Å². The van der Waals surface area contributed by atoms with Crippen molar-refractivity contribution in [1.29, 1.82) is 1.28 Å². The molecule has 2 saturated heterocycles. The number of aromatic nitrogens is 4. The molecule has 3 unspecified atom stereocenters. The summed E-state index contributed by atoms with van der Waals surface area (Å²) in [5.41, 5.74) is 25.1. The predicted molar refractivity (Wildman–Crippen MR) is 202 cm³/mol. The summed E-state index contributed by atoms with van der Waals surface area (Å²) in [4.78, 5) is 56.4. The highest BCUT2D eigenvalue weighted by atomic mass is 32.1. The molecule has 0 spiro atoms. The summed E-state index contributed by atoms with van der Waals surface area (Å²) in [6, 6.07) is 0. The van der Waals surface area contributed by atoms with Crippen LogP contribution in [0.4, 0.5) is 20.4 Å². The highest BCUT2D eigenvalue weighted by Crippen LogP contribution is 2.66. The van der Waals surface area contributed by atoms with Crippen molar-refractivity contribution >= 4 is 88.1 Å². The summed E-state index contributed by atoms with van der Waals surface area (Å²) in [6.45, 7) is -2.27. The van der Waals surface area contributed by atoms with Gasteiger partial charge in [0.2, 0.25) is 0 Å². The van der Waals surface area contributed by atoms with Crippen molar-refractivity contribution in [3.63, 3.8) is 0 Å². The monoisotopic (exact) mass is 944 g/mol. The second-order valence-electron chi connectivity index (χ2n) is 11.2. The summed E-state index contributed by atoms with van der Waals surface area (Å²) in [5, 5.41) is 39.0. The number of halogens is 2. The minimum atomic E-state index is -5.85. The highest BCUT2D eigenvalue weighted by molar-refractivity contribution is 7.66. The second-order valence-corrected chi connectivity index (χ2v) is 17.4. The molecule has 58 heavy (non-hydrogen) atoms. The van der Waals surface area contributed by atoms with Gasteiger partial charge < -0.3 is 55.8 Å². The smallest absolute Gasteiger partial charge is 0.393 e. The van der Waals surface area contributed by atoms with Crippen molar-refractivity contribution < 1.29 is 80.0 Å². The molecule has 6 rings (SSSR count). The molecule has 0 radical (unpaired) electrons. The molecule has 0 amide bonds. The largest absolute Gasteiger partial charge is 0.490 e. The molecular formula is C23H32F2N12O15P4S2. The molecule has 0 saturated carbocycles. The number of alkyl halides is 2. The van der Waals surface area contributed by atoms with E-state index >= 15 is 4.39 Å². The van der Waals surface area contributed by atoms with Crippen LogP contribution in [0.3, 0.4) is 0 Å². The van der Waals surface area contributed by atoms with E-state index in [4.69, 9.17) is 43.1 Å². The molecule has 6 heterocycles. The number of aliphatic hydroxyl groups excluding tert-OH is 3. The van der Waals surface area contributed by atoms with Gasteiger partial charge >= 0.3 is 23.5 Å². The van der Waals surface area contributed by atoms with E-state index in [2.05, 4.69) is 53.1 Å². The number of thiophene rings is 2. The van der Waals surface area contributed by atoms with Gasteiger partial charge in [-0.15, -0.1) is 22.7 Å². The van der Waals surface area contributed by atoms with Crippen LogP contribution < -0.4 is 11.5 Å². The van der Waals surface area contributed by atoms with Gasteiger partial charge in [0.25, 0.3) is 0 Å². The Labute approximate surface area is 334 Å². The third-order valence-corrected chi connectivity index (χ3v) is 13.5. The fourth-order valence-electron chi connectivity index (χ4n) is 5.29. The van der Waals surface area contributed by atoms with E-state index < -0.39 is 84.9 Å². The molecule has 4 aromatic heterocycles. The SMILES string of the molecule is C.[3H]P.[N-]=[N+]=N[C@]1(CO)O[C@@H](c2csc3c(N)ncnc23)[C@H](F)[C@@H]1O.[N-]=[N+]=N[C@]1(COP(=O)(O)OP(=O)(O)OP(=O)(O)O)O[C@@H](c2csc3c(N)ncnc23)[C@H](F)[C@@H]1O. The van der Waals surface area contributed by atoms with Crippen molar-refractivity contribution in [1.82, 2.24) is 19.9 Å². The Hall–Kier alpha value is -3.20. The van der Waals surface area contributed by atoms with Crippen LogP contribution >= 0.6 is 56.0 Å². The maximum absolute atomic E-state index is 15.0.